The number of hydrazone groups is 1. The van der Waals surface area contributed by atoms with Crippen LogP contribution in [0.3, 0.4) is 0 Å². The molecule has 1 aromatic carbocycles. The van der Waals surface area contributed by atoms with E-state index in [1.807, 2.05) is 25.1 Å². The van der Waals surface area contributed by atoms with Crippen LogP contribution >= 0.6 is 0 Å². The van der Waals surface area contributed by atoms with Crippen LogP contribution in [0.4, 0.5) is 4.79 Å². The maximum atomic E-state index is 11.6. The Labute approximate surface area is 95.0 Å². The number of urea groups is 1. The zero-order valence-electron chi connectivity index (χ0n) is 9.47. The van der Waals surface area contributed by atoms with Gasteiger partial charge in [-0.25, -0.2) is 9.80 Å². The van der Waals surface area contributed by atoms with E-state index in [9.17, 15) is 4.79 Å². The minimum Gasteiger partial charge on any atom is -0.340 e. The molecule has 0 radical (unpaired) electrons. The molecule has 4 heteroatoms. The zero-order valence-corrected chi connectivity index (χ0v) is 9.47. The number of hydrogen-bond donors (Lipinski definition) is 1. The van der Waals surface area contributed by atoms with E-state index in [-0.39, 0.29) is 12.1 Å². The monoisotopic (exact) mass is 217 g/mol. The van der Waals surface area contributed by atoms with Crippen molar-refractivity contribution in [3.63, 3.8) is 0 Å². The van der Waals surface area contributed by atoms with Gasteiger partial charge in [0.1, 0.15) is 0 Å². The third-order valence-corrected chi connectivity index (χ3v) is 2.73. The summed E-state index contributed by atoms with van der Waals surface area (Å²) in [6.07, 6.45) is 2.57. The van der Waals surface area contributed by atoms with Gasteiger partial charge in [0.25, 0.3) is 0 Å². The standard InChI is InChI=1S/C12H15N3O/c1-9-7-10-5-3-4-6-11(10)8-14-15(9)12(16)13-2/h3-6,8-9H,7H2,1-2H3,(H,13,16). The Kier molecular flexibility index (Phi) is 2.90. The van der Waals surface area contributed by atoms with Gasteiger partial charge in [-0.05, 0) is 24.5 Å². The molecule has 16 heavy (non-hydrogen) atoms. The second-order valence-corrected chi connectivity index (χ2v) is 3.90. The van der Waals surface area contributed by atoms with Gasteiger partial charge in [-0.1, -0.05) is 24.3 Å². The third-order valence-electron chi connectivity index (χ3n) is 2.73. The summed E-state index contributed by atoms with van der Waals surface area (Å²) < 4.78 is 0. The summed E-state index contributed by atoms with van der Waals surface area (Å²) in [5, 5.41) is 8.29. The lowest BCUT2D eigenvalue weighted by atomic mass is 10.0. The van der Waals surface area contributed by atoms with Crippen molar-refractivity contribution in [1.82, 2.24) is 10.3 Å². The van der Waals surface area contributed by atoms with Crippen molar-refractivity contribution in [2.24, 2.45) is 5.10 Å². The van der Waals surface area contributed by atoms with Crippen LogP contribution in [-0.2, 0) is 6.42 Å². The number of rotatable bonds is 0. The van der Waals surface area contributed by atoms with Gasteiger partial charge in [0.15, 0.2) is 0 Å². The van der Waals surface area contributed by atoms with Crippen LogP contribution in [0.5, 0.6) is 0 Å². The molecule has 0 saturated heterocycles. The lowest BCUT2D eigenvalue weighted by molar-refractivity contribution is 0.185. The lowest BCUT2D eigenvalue weighted by Crippen LogP contribution is -2.40. The van der Waals surface area contributed by atoms with Crippen molar-refractivity contribution in [3.8, 4) is 0 Å². The molecule has 0 aromatic heterocycles. The molecular formula is C12H15N3O. The van der Waals surface area contributed by atoms with E-state index in [4.69, 9.17) is 0 Å². The molecule has 2 amide bonds. The number of nitrogens with one attached hydrogen (secondary N) is 1. The number of amides is 2. The van der Waals surface area contributed by atoms with Gasteiger partial charge < -0.3 is 5.32 Å². The van der Waals surface area contributed by atoms with Crippen LogP contribution in [0, 0.1) is 0 Å². The average Bonchev–Trinajstić information content (AvgIpc) is 2.46. The van der Waals surface area contributed by atoms with E-state index in [0.717, 1.165) is 12.0 Å². The number of benzene rings is 1. The molecule has 2 rings (SSSR count). The molecule has 1 N–H and O–H groups in total. The fraction of sp³-hybridized carbons (Fsp3) is 0.333. The maximum absolute atomic E-state index is 11.6. The molecule has 1 aromatic rings. The topological polar surface area (TPSA) is 44.7 Å². The summed E-state index contributed by atoms with van der Waals surface area (Å²) in [5.74, 6) is 0. The number of nitrogens with zero attached hydrogens (tertiary/aromatic N) is 2. The van der Waals surface area contributed by atoms with E-state index in [0.29, 0.717) is 0 Å². The summed E-state index contributed by atoms with van der Waals surface area (Å²) in [6, 6.07) is 7.97. The van der Waals surface area contributed by atoms with Crippen LogP contribution < -0.4 is 5.32 Å². The fourth-order valence-corrected chi connectivity index (χ4v) is 1.86. The van der Waals surface area contributed by atoms with Crippen molar-refractivity contribution >= 4 is 12.2 Å². The summed E-state index contributed by atoms with van der Waals surface area (Å²) in [4.78, 5) is 11.6. The smallest absolute Gasteiger partial charge is 0.337 e. The Bertz CT molecular complexity index is 428. The minimum absolute atomic E-state index is 0.0693. The molecule has 1 aliphatic heterocycles. The first-order valence-corrected chi connectivity index (χ1v) is 5.35. The van der Waals surface area contributed by atoms with Crippen LogP contribution in [0.1, 0.15) is 18.1 Å². The number of carbonyl (C=O) groups is 1. The predicted octanol–water partition coefficient (Wildman–Crippen LogP) is 1.61. The van der Waals surface area contributed by atoms with Crippen LogP contribution in [0.15, 0.2) is 29.4 Å². The van der Waals surface area contributed by atoms with Crippen molar-refractivity contribution in [2.45, 2.75) is 19.4 Å². The summed E-state index contributed by atoms with van der Waals surface area (Å²) in [7, 11) is 1.61. The largest absolute Gasteiger partial charge is 0.340 e. The molecule has 1 atom stereocenters. The van der Waals surface area contributed by atoms with Gasteiger partial charge in [-0.2, -0.15) is 5.10 Å². The predicted molar refractivity (Wildman–Crippen MR) is 63.5 cm³/mol. The molecule has 0 spiro atoms. The first-order chi connectivity index (χ1) is 7.72. The Hall–Kier alpha value is -1.84. The summed E-state index contributed by atoms with van der Waals surface area (Å²) >= 11 is 0. The van der Waals surface area contributed by atoms with Gasteiger partial charge in [-0.3, -0.25) is 0 Å². The van der Waals surface area contributed by atoms with E-state index in [2.05, 4.69) is 16.5 Å². The molecule has 84 valence electrons. The van der Waals surface area contributed by atoms with E-state index in [1.165, 1.54) is 10.6 Å². The Morgan fingerprint density at radius 2 is 2.25 bits per heavy atom. The van der Waals surface area contributed by atoms with Crippen molar-refractivity contribution in [1.29, 1.82) is 0 Å². The highest BCUT2D eigenvalue weighted by molar-refractivity contribution is 5.84. The average molecular weight is 217 g/mol. The van der Waals surface area contributed by atoms with Crippen LogP contribution in [0.2, 0.25) is 0 Å². The highest BCUT2D eigenvalue weighted by Gasteiger charge is 2.21. The van der Waals surface area contributed by atoms with E-state index in [1.54, 1.807) is 13.3 Å². The summed E-state index contributed by atoms with van der Waals surface area (Å²) in [5.41, 5.74) is 2.31. The van der Waals surface area contributed by atoms with Gasteiger partial charge in [0, 0.05) is 7.05 Å². The Balaban J connectivity index is 2.31. The first-order valence-electron chi connectivity index (χ1n) is 5.35. The van der Waals surface area contributed by atoms with Gasteiger partial charge in [0.2, 0.25) is 0 Å². The summed E-state index contributed by atoms with van der Waals surface area (Å²) in [6.45, 7) is 1.99. The normalized spacial score (nSPS) is 18.9. The molecule has 0 fully saturated rings. The number of hydrogen-bond acceptors (Lipinski definition) is 2. The fourth-order valence-electron chi connectivity index (χ4n) is 1.86. The first kappa shape index (κ1) is 10.7. The lowest BCUT2D eigenvalue weighted by Gasteiger charge is -2.22. The zero-order chi connectivity index (χ0) is 11.5. The highest BCUT2D eigenvalue weighted by atomic mass is 16.2. The van der Waals surface area contributed by atoms with Crippen molar-refractivity contribution in [2.75, 3.05) is 7.05 Å². The second kappa shape index (κ2) is 4.35. The van der Waals surface area contributed by atoms with Gasteiger partial charge in [0.05, 0.1) is 12.3 Å². The highest BCUT2D eigenvalue weighted by Crippen LogP contribution is 2.16. The quantitative estimate of drug-likeness (QED) is 0.705. The van der Waals surface area contributed by atoms with Crippen LogP contribution in [0.25, 0.3) is 0 Å². The molecule has 0 bridgehead atoms. The van der Waals surface area contributed by atoms with Crippen molar-refractivity contribution < 1.29 is 4.79 Å². The maximum Gasteiger partial charge on any atom is 0.337 e. The minimum atomic E-state index is -0.170. The van der Waals surface area contributed by atoms with Crippen molar-refractivity contribution in [3.05, 3.63) is 35.4 Å². The molecule has 4 nitrogen and oxygen atoms in total. The van der Waals surface area contributed by atoms with Crippen LogP contribution in [-0.4, -0.2) is 30.3 Å². The molecule has 0 saturated carbocycles. The number of carbonyl (C=O) groups excluding carboxylic acids is 1. The molecule has 1 heterocycles. The molecular weight excluding hydrogens is 202 g/mol. The van der Waals surface area contributed by atoms with E-state index >= 15 is 0 Å². The molecule has 1 unspecified atom stereocenters. The Morgan fingerprint density at radius 1 is 1.50 bits per heavy atom. The number of fused-ring (bicyclic) bond motifs is 1. The van der Waals surface area contributed by atoms with E-state index < -0.39 is 0 Å². The molecule has 0 aliphatic carbocycles. The van der Waals surface area contributed by atoms with Gasteiger partial charge in [-0.15, -0.1) is 0 Å². The molecule has 1 aliphatic rings. The third kappa shape index (κ3) is 1.91. The second-order valence-electron chi connectivity index (χ2n) is 3.90. The van der Waals surface area contributed by atoms with Gasteiger partial charge >= 0.3 is 6.03 Å². The SMILES string of the molecule is CNC(=O)N1N=Cc2ccccc2CC1C. The Morgan fingerprint density at radius 3 is 3.00 bits per heavy atom.